The van der Waals surface area contributed by atoms with Crippen molar-refractivity contribution in [1.29, 1.82) is 0 Å². The Bertz CT molecular complexity index is 892. The molecule has 1 atom stereocenters. The number of carbonyl (C=O) groups excluding carboxylic acids is 2. The smallest absolute Gasteiger partial charge is 0.258 e. The number of ether oxygens (including phenoxy) is 2. The third-order valence-electron chi connectivity index (χ3n) is 5.80. The van der Waals surface area contributed by atoms with Gasteiger partial charge in [0.25, 0.3) is 11.8 Å². The van der Waals surface area contributed by atoms with Gasteiger partial charge >= 0.3 is 0 Å². The number of nitrogens with one attached hydrogen (secondary N) is 2. The molecule has 0 bridgehead atoms. The van der Waals surface area contributed by atoms with E-state index in [9.17, 15) is 9.59 Å². The summed E-state index contributed by atoms with van der Waals surface area (Å²) in [6, 6.07) is 15.3. The number of methoxy groups -OCH3 is 1. The third kappa shape index (κ3) is 6.49. The average Bonchev–Trinajstić information content (AvgIpc) is 2.81. The van der Waals surface area contributed by atoms with Crippen molar-refractivity contribution in [2.45, 2.75) is 58.0 Å². The number of hydrogen-bond donors (Lipinski definition) is 2. The van der Waals surface area contributed by atoms with Crippen LogP contribution in [0.5, 0.6) is 11.5 Å². The second kappa shape index (κ2) is 11.6. The van der Waals surface area contributed by atoms with Crippen molar-refractivity contribution in [3.8, 4) is 11.5 Å². The van der Waals surface area contributed by atoms with Gasteiger partial charge in [0.2, 0.25) is 0 Å². The van der Waals surface area contributed by atoms with Crippen molar-refractivity contribution >= 4 is 11.8 Å². The molecule has 1 fully saturated rings. The molecule has 1 saturated carbocycles. The summed E-state index contributed by atoms with van der Waals surface area (Å²) in [7, 11) is 1.52. The van der Waals surface area contributed by atoms with Crippen molar-refractivity contribution in [2.24, 2.45) is 5.92 Å². The maximum atomic E-state index is 13.2. The van der Waals surface area contributed by atoms with Gasteiger partial charge in [0, 0.05) is 11.6 Å². The van der Waals surface area contributed by atoms with Gasteiger partial charge in [-0.1, -0.05) is 49.6 Å². The van der Waals surface area contributed by atoms with Crippen LogP contribution in [0.4, 0.5) is 0 Å². The SMILES string of the molecule is COc1cc(C(=O)NC(c2ccccc2)C2CCCCC2)ccc1OCC(=O)NC(C)C. The van der Waals surface area contributed by atoms with Gasteiger partial charge in [-0.3, -0.25) is 9.59 Å². The molecule has 32 heavy (non-hydrogen) atoms. The lowest BCUT2D eigenvalue weighted by molar-refractivity contribution is -0.123. The summed E-state index contributed by atoms with van der Waals surface area (Å²) < 4.78 is 11.0. The monoisotopic (exact) mass is 438 g/mol. The quantitative estimate of drug-likeness (QED) is 0.597. The van der Waals surface area contributed by atoms with Crippen molar-refractivity contribution < 1.29 is 19.1 Å². The van der Waals surface area contributed by atoms with Crippen molar-refractivity contribution in [2.75, 3.05) is 13.7 Å². The van der Waals surface area contributed by atoms with E-state index in [1.807, 2.05) is 32.0 Å². The summed E-state index contributed by atoms with van der Waals surface area (Å²) in [6.07, 6.45) is 5.91. The Morgan fingerprint density at radius 3 is 2.34 bits per heavy atom. The molecular formula is C26H34N2O4. The second-order valence-electron chi connectivity index (χ2n) is 8.64. The third-order valence-corrected chi connectivity index (χ3v) is 5.80. The topological polar surface area (TPSA) is 76.7 Å². The highest BCUT2D eigenvalue weighted by Crippen LogP contribution is 2.35. The molecule has 2 amide bonds. The predicted octanol–water partition coefficient (Wildman–Crippen LogP) is 4.65. The highest BCUT2D eigenvalue weighted by molar-refractivity contribution is 5.95. The minimum absolute atomic E-state index is 0.0225. The number of amides is 2. The van der Waals surface area contributed by atoms with E-state index in [1.165, 1.54) is 26.4 Å². The molecule has 172 valence electrons. The molecule has 1 unspecified atom stereocenters. The summed E-state index contributed by atoms with van der Waals surface area (Å²) in [6.45, 7) is 3.67. The minimum atomic E-state index is -0.206. The van der Waals surface area contributed by atoms with Crippen molar-refractivity contribution in [3.05, 3.63) is 59.7 Å². The van der Waals surface area contributed by atoms with Gasteiger partial charge in [0.1, 0.15) is 0 Å². The Kier molecular flexibility index (Phi) is 8.54. The van der Waals surface area contributed by atoms with Gasteiger partial charge < -0.3 is 20.1 Å². The van der Waals surface area contributed by atoms with Crippen LogP contribution in [0.1, 0.15) is 67.9 Å². The van der Waals surface area contributed by atoms with Crippen LogP contribution in [-0.4, -0.2) is 31.6 Å². The van der Waals surface area contributed by atoms with Gasteiger partial charge in [-0.25, -0.2) is 0 Å². The number of rotatable bonds is 9. The highest BCUT2D eigenvalue weighted by Gasteiger charge is 2.27. The number of hydrogen-bond acceptors (Lipinski definition) is 4. The van der Waals surface area contributed by atoms with Crippen LogP contribution in [0.3, 0.4) is 0 Å². The van der Waals surface area contributed by atoms with Crippen LogP contribution in [0.2, 0.25) is 0 Å². The van der Waals surface area contributed by atoms with Crippen LogP contribution in [-0.2, 0) is 4.79 Å². The molecule has 0 heterocycles. The van der Waals surface area contributed by atoms with Gasteiger partial charge in [0.15, 0.2) is 18.1 Å². The van der Waals surface area contributed by atoms with E-state index < -0.39 is 0 Å². The standard InChI is InChI=1S/C26H34N2O4/c1-18(2)27-24(29)17-32-22-15-14-21(16-23(22)31-3)26(30)28-25(19-10-6-4-7-11-19)20-12-8-5-9-13-20/h4,6-7,10-11,14-16,18,20,25H,5,8-9,12-13,17H2,1-3H3,(H,27,29)(H,28,30). The molecule has 3 rings (SSSR count). The fourth-order valence-corrected chi connectivity index (χ4v) is 4.26. The first-order valence-corrected chi connectivity index (χ1v) is 11.4. The zero-order chi connectivity index (χ0) is 22.9. The largest absolute Gasteiger partial charge is 0.493 e. The lowest BCUT2D eigenvalue weighted by atomic mass is 9.81. The summed E-state index contributed by atoms with van der Waals surface area (Å²) in [5.41, 5.74) is 1.63. The molecule has 6 nitrogen and oxygen atoms in total. The van der Waals surface area contributed by atoms with Crippen LogP contribution in [0, 0.1) is 5.92 Å². The molecule has 1 aliphatic carbocycles. The molecule has 0 aliphatic heterocycles. The molecule has 2 aromatic carbocycles. The predicted molar refractivity (Wildman–Crippen MR) is 125 cm³/mol. The molecule has 0 aromatic heterocycles. The van der Waals surface area contributed by atoms with E-state index in [0.29, 0.717) is 23.0 Å². The average molecular weight is 439 g/mol. The molecule has 2 N–H and O–H groups in total. The first kappa shape index (κ1) is 23.6. The van der Waals surface area contributed by atoms with Gasteiger partial charge in [-0.15, -0.1) is 0 Å². The van der Waals surface area contributed by atoms with E-state index in [4.69, 9.17) is 9.47 Å². The van der Waals surface area contributed by atoms with Crippen LogP contribution >= 0.6 is 0 Å². The van der Waals surface area contributed by atoms with Gasteiger partial charge in [-0.05, 0) is 56.4 Å². The Hall–Kier alpha value is -3.02. The van der Waals surface area contributed by atoms with Crippen molar-refractivity contribution in [1.82, 2.24) is 10.6 Å². The van der Waals surface area contributed by atoms with E-state index in [0.717, 1.165) is 18.4 Å². The second-order valence-corrected chi connectivity index (χ2v) is 8.64. The maximum Gasteiger partial charge on any atom is 0.258 e. The van der Waals surface area contributed by atoms with Crippen LogP contribution < -0.4 is 20.1 Å². The first-order chi connectivity index (χ1) is 15.5. The lowest BCUT2D eigenvalue weighted by Crippen LogP contribution is -2.34. The maximum absolute atomic E-state index is 13.2. The normalized spacial score (nSPS) is 15.1. The van der Waals surface area contributed by atoms with E-state index in [-0.39, 0.29) is 30.5 Å². The summed E-state index contributed by atoms with van der Waals surface area (Å²) in [5.74, 6) is 0.923. The molecule has 0 spiro atoms. The van der Waals surface area contributed by atoms with E-state index >= 15 is 0 Å². The summed E-state index contributed by atoms with van der Waals surface area (Å²) in [4.78, 5) is 25.0. The summed E-state index contributed by atoms with van der Waals surface area (Å²) in [5, 5.41) is 6.04. The van der Waals surface area contributed by atoms with E-state index in [2.05, 4.69) is 22.8 Å². The number of carbonyl (C=O) groups is 2. The summed E-state index contributed by atoms with van der Waals surface area (Å²) >= 11 is 0. The number of benzene rings is 2. The Balaban J connectivity index is 1.73. The fraction of sp³-hybridized carbons (Fsp3) is 0.462. The zero-order valence-electron chi connectivity index (χ0n) is 19.2. The highest BCUT2D eigenvalue weighted by atomic mass is 16.5. The van der Waals surface area contributed by atoms with Crippen LogP contribution in [0.25, 0.3) is 0 Å². The molecule has 0 radical (unpaired) electrons. The minimum Gasteiger partial charge on any atom is -0.493 e. The van der Waals surface area contributed by atoms with Gasteiger partial charge in [-0.2, -0.15) is 0 Å². The molecule has 2 aromatic rings. The van der Waals surface area contributed by atoms with Crippen molar-refractivity contribution in [3.63, 3.8) is 0 Å². The molecule has 0 saturated heterocycles. The first-order valence-electron chi connectivity index (χ1n) is 11.4. The molecule has 6 heteroatoms. The van der Waals surface area contributed by atoms with Crippen LogP contribution in [0.15, 0.2) is 48.5 Å². The molecule has 1 aliphatic rings. The molecular weight excluding hydrogens is 404 g/mol. The fourth-order valence-electron chi connectivity index (χ4n) is 4.26. The zero-order valence-corrected chi connectivity index (χ0v) is 19.2. The van der Waals surface area contributed by atoms with Gasteiger partial charge in [0.05, 0.1) is 13.2 Å². The lowest BCUT2D eigenvalue weighted by Gasteiger charge is -2.31. The Morgan fingerprint density at radius 2 is 1.69 bits per heavy atom. The van der Waals surface area contributed by atoms with E-state index in [1.54, 1.807) is 18.2 Å². The Morgan fingerprint density at radius 1 is 0.969 bits per heavy atom. The Labute approximate surface area is 190 Å².